The molecule has 0 spiro atoms. The van der Waals surface area contributed by atoms with E-state index in [9.17, 15) is 0 Å². The number of hydrogen-bond acceptors (Lipinski definition) is 1. The molecule has 3 rings (SSSR count). The average molecular weight is 271 g/mol. The number of rotatable bonds is 3. The first-order valence-electron chi connectivity index (χ1n) is 7.03. The highest BCUT2D eigenvalue weighted by Gasteiger charge is 2.07. The van der Waals surface area contributed by atoms with Gasteiger partial charge in [0.05, 0.1) is 5.69 Å². The van der Waals surface area contributed by atoms with Gasteiger partial charge in [-0.2, -0.15) is 0 Å². The number of aromatic nitrogens is 1. The summed E-state index contributed by atoms with van der Waals surface area (Å²) in [6.45, 7) is 6.01. The molecule has 1 heteroatoms. The van der Waals surface area contributed by atoms with Crippen molar-refractivity contribution >= 4 is 6.08 Å². The lowest BCUT2D eigenvalue weighted by molar-refractivity contribution is 1.28. The third-order valence-electron chi connectivity index (χ3n) is 3.65. The standard InChI is InChI=1S/C20H17N/c1-3-16-9-7-8-12-18(16)20-13-15(2)19(14-21-20)17-10-5-4-6-11-17/h3-14H,1H2,2H3. The van der Waals surface area contributed by atoms with E-state index in [1.807, 2.05) is 30.5 Å². The van der Waals surface area contributed by atoms with Gasteiger partial charge < -0.3 is 0 Å². The van der Waals surface area contributed by atoms with Crippen LogP contribution >= 0.6 is 0 Å². The van der Waals surface area contributed by atoms with Gasteiger partial charge in [-0.1, -0.05) is 67.3 Å². The van der Waals surface area contributed by atoms with Gasteiger partial charge in [0.25, 0.3) is 0 Å². The fraction of sp³-hybridized carbons (Fsp3) is 0.0500. The van der Waals surface area contributed by atoms with Crippen molar-refractivity contribution in [2.75, 3.05) is 0 Å². The quantitative estimate of drug-likeness (QED) is 0.624. The van der Waals surface area contributed by atoms with Crippen LogP contribution in [0.3, 0.4) is 0 Å². The van der Waals surface area contributed by atoms with Crippen LogP contribution in [-0.4, -0.2) is 4.98 Å². The largest absolute Gasteiger partial charge is 0.256 e. The summed E-state index contributed by atoms with van der Waals surface area (Å²) in [5.41, 5.74) is 6.82. The van der Waals surface area contributed by atoms with Crippen LogP contribution in [0.1, 0.15) is 11.1 Å². The Labute approximate surface area is 125 Å². The maximum atomic E-state index is 4.65. The minimum absolute atomic E-state index is 0.989. The van der Waals surface area contributed by atoms with Crippen LogP contribution in [0.15, 0.2) is 73.4 Å². The Morgan fingerprint density at radius 2 is 1.62 bits per heavy atom. The lowest BCUT2D eigenvalue weighted by Crippen LogP contribution is -1.91. The monoisotopic (exact) mass is 271 g/mol. The van der Waals surface area contributed by atoms with E-state index in [0.717, 1.165) is 16.8 Å². The number of aryl methyl sites for hydroxylation is 1. The summed E-state index contributed by atoms with van der Waals surface area (Å²) in [7, 11) is 0. The van der Waals surface area contributed by atoms with Crippen LogP contribution in [0, 0.1) is 6.92 Å². The third kappa shape index (κ3) is 2.63. The van der Waals surface area contributed by atoms with E-state index in [-0.39, 0.29) is 0 Å². The first-order chi connectivity index (χ1) is 10.3. The molecule has 0 amide bonds. The van der Waals surface area contributed by atoms with Crippen molar-refractivity contribution in [3.05, 3.63) is 84.6 Å². The zero-order valence-electron chi connectivity index (χ0n) is 12.1. The van der Waals surface area contributed by atoms with Crippen LogP contribution in [0.2, 0.25) is 0 Å². The molecule has 0 aliphatic carbocycles. The summed E-state index contributed by atoms with van der Waals surface area (Å²) in [6.07, 6.45) is 3.83. The van der Waals surface area contributed by atoms with E-state index >= 15 is 0 Å². The summed E-state index contributed by atoms with van der Waals surface area (Å²) in [5.74, 6) is 0. The van der Waals surface area contributed by atoms with E-state index in [0.29, 0.717) is 0 Å². The molecule has 0 atom stereocenters. The molecule has 102 valence electrons. The first-order valence-corrected chi connectivity index (χ1v) is 7.03. The Morgan fingerprint density at radius 3 is 2.33 bits per heavy atom. The molecule has 0 fully saturated rings. The maximum Gasteiger partial charge on any atom is 0.0711 e. The zero-order chi connectivity index (χ0) is 14.7. The third-order valence-corrected chi connectivity index (χ3v) is 3.65. The van der Waals surface area contributed by atoms with E-state index in [1.165, 1.54) is 16.7 Å². The minimum Gasteiger partial charge on any atom is -0.256 e. The molecule has 0 aliphatic heterocycles. The Hall–Kier alpha value is -2.67. The highest BCUT2D eigenvalue weighted by molar-refractivity contribution is 5.75. The predicted molar refractivity (Wildman–Crippen MR) is 89.9 cm³/mol. The summed E-state index contributed by atoms with van der Waals surface area (Å²) < 4.78 is 0. The molecule has 1 aromatic heterocycles. The minimum atomic E-state index is 0.989. The van der Waals surface area contributed by atoms with Crippen LogP contribution in [0.4, 0.5) is 0 Å². The van der Waals surface area contributed by atoms with Gasteiger partial charge in [-0.3, -0.25) is 4.98 Å². The lowest BCUT2D eigenvalue weighted by Gasteiger charge is -2.10. The molecule has 0 radical (unpaired) electrons. The predicted octanol–water partition coefficient (Wildman–Crippen LogP) is 5.37. The molecule has 0 bridgehead atoms. The second kappa shape index (κ2) is 5.76. The molecule has 0 saturated heterocycles. The molecule has 3 aromatic rings. The molecule has 0 unspecified atom stereocenters. The Balaban J connectivity index is 2.08. The summed E-state index contributed by atoms with van der Waals surface area (Å²) >= 11 is 0. The fourth-order valence-corrected chi connectivity index (χ4v) is 2.53. The number of pyridine rings is 1. The SMILES string of the molecule is C=Cc1ccccc1-c1cc(C)c(-c2ccccc2)cn1. The van der Waals surface area contributed by atoms with E-state index in [2.05, 4.69) is 61.0 Å². The molecule has 2 aromatic carbocycles. The van der Waals surface area contributed by atoms with E-state index in [1.54, 1.807) is 0 Å². The van der Waals surface area contributed by atoms with Gasteiger partial charge in [0, 0.05) is 17.3 Å². The average Bonchev–Trinajstić information content (AvgIpc) is 2.55. The topological polar surface area (TPSA) is 12.9 Å². The van der Waals surface area contributed by atoms with Crippen molar-refractivity contribution in [2.45, 2.75) is 6.92 Å². The number of benzene rings is 2. The maximum absolute atomic E-state index is 4.65. The van der Waals surface area contributed by atoms with Crippen LogP contribution in [0.5, 0.6) is 0 Å². The van der Waals surface area contributed by atoms with Crippen LogP contribution < -0.4 is 0 Å². The molecule has 21 heavy (non-hydrogen) atoms. The Morgan fingerprint density at radius 1 is 0.905 bits per heavy atom. The highest BCUT2D eigenvalue weighted by atomic mass is 14.7. The molecule has 0 saturated carbocycles. The second-order valence-corrected chi connectivity index (χ2v) is 5.04. The fourth-order valence-electron chi connectivity index (χ4n) is 2.53. The highest BCUT2D eigenvalue weighted by Crippen LogP contribution is 2.28. The van der Waals surface area contributed by atoms with Gasteiger partial charge in [0.1, 0.15) is 0 Å². The molecular weight excluding hydrogens is 254 g/mol. The Kier molecular flexibility index (Phi) is 3.65. The number of hydrogen-bond donors (Lipinski definition) is 0. The van der Waals surface area contributed by atoms with E-state index in [4.69, 9.17) is 0 Å². The van der Waals surface area contributed by atoms with Crippen molar-refractivity contribution in [3.63, 3.8) is 0 Å². The van der Waals surface area contributed by atoms with Crippen molar-refractivity contribution in [1.29, 1.82) is 0 Å². The molecule has 0 N–H and O–H groups in total. The van der Waals surface area contributed by atoms with Gasteiger partial charge in [0.15, 0.2) is 0 Å². The van der Waals surface area contributed by atoms with Crippen molar-refractivity contribution < 1.29 is 0 Å². The normalized spacial score (nSPS) is 10.3. The van der Waals surface area contributed by atoms with Gasteiger partial charge in [0.2, 0.25) is 0 Å². The van der Waals surface area contributed by atoms with Crippen molar-refractivity contribution in [2.24, 2.45) is 0 Å². The number of nitrogens with zero attached hydrogens (tertiary/aromatic N) is 1. The first kappa shape index (κ1) is 13.3. The van der Waals surface area contributed by atoms with Crippen molar-refractivity contribution in [1.82, 2.24) is 4.98 Å². The summed E-state index contributed by atoms with van der Waals surface area (Å²) in [6, 6.07) is 20.7. The lowest BCUT2D eigenvalue weighted by atomic mass is 9.99. The molecular formula is C20H17N. The van der Waals surface area contributed by atoms with Crippen molar-refractivity contribution in [3.8, 4) is 22.4 Å². The molecule has 1 nitrogen and oxygen atoms in total. The van der Waals surface area contributed by atoms with Gasteiger partial charge in [-0.05, 0) is 29.7 Å². The summed E-state index contributed by atoms with van der Waals surface area (Å²) in [5, 5.41) is 0. The van der Waals surface area contributed by atoms with Gasteiger partial charge in [-0.25, -0.2) is 0 Å². The van der Waals surface area contributed by atoms with Crippen LogP contribution in [0.25, 0.3) is 28.5 Å². The molecule has 0 aliphatic rings. The second-order valence-electron chi connectivity index (χ2n) is 5.04. The zero-order valence-corrected chi connectivity index (χ0v) is 12.1. The van der Waals surface area contributed by atoms with E-state index < -0.39 is 0 Å². The molecule has 1 heterocycles. The van der Waals surface area contributed by atoms with Gasteiger partial charge in [-0.15, -0.1) is 0 Å². The Bertz CT molecular complexity index is 773. The summed E-state index contributed by atoms with van der Waals surface area (Å²) in [4.78, 5) is 4.65. The smallest absolute Gasteiger partial charge is 0.0711 e. The van der Waals surface area contributed by atoms with Crippen LogP contribution in [-0.2, 0) is 0 Å². The van der Waals surface area contributed by atoms with Gasteiger partial charge >= 0.3 is 0 Å².